The molecule has 150 valence electrons. The molecule has 29 heavy (non-hydrogen) atoms. The van der Waals surface area contributed by atoms with Gasteiger partial charge in [-0.25, -0.2) is 0 Å². The Morgan fingerprint density at radius 3 is 2.28 bits per heavy atom. The molecule has 3 rings (SSSR count). The van der Waals surface area contributed by atoms with Crippen molar-refractivity contribution in [1.82, 2.24) is 5.32 Å². The van der Waals surface area contributed by atoms with Crippen LogP contribution in [0.4, 0.5) is 0 Å². The molecule has 0 spiro atoms. The molecule has 0 radical (unpaired) electrons. The second kappa shape index (κ2) is 9.89. The van der Waals surface area contributed by atoms with Crippen LogP contribution < -0.4 is 15.0 Å². The zero-order chi connectivity index (χ0) is 20.6. The van der Waals surface area contributed by atoms with Gasteiger partial charge in [-0.3, -0.25) is 4.79 Å². The quantitative estimate of drug-likeness (QED) is 0.622. The number of likely N-dealkylation sites (N-methyl/N-ethyl adjacent to an activating group) is 1. The number of carbonyl (C=O) groups is 1. The van der Waals surface area contributed by atoms with Crippen molar-refractivity contribution in [2.45, 2.75) is 12.5 Å². The Labute approximate surface area is 173 Å². The lowest BCUT2D eigenvalue weighted by molar-refractivity contribution is -0.890. The summed E-state index contributed by atoms with van der Waals surface area (Å²) in [5, 5.41) is 3.09. The number of hydrogen-bond acceptors (Lipinski definition) is 2. The molecule has 0 aliphatic carbocycles. The summed E-state index contributed by atoms with van der Waals surface area (Å²) in [6.45, 7) is 0.580. The van der Waals surface area contributed by atoms with E-state index in [0.29, 0.717) is 13.0 Å². The zero-order valence-electron chi connectivity index (χ0n) is 17.3. The van der Waals surface area contributed by atoms with Crippen molar-refractivity contribution < 1.29 is 14.4 Å². The van der Waals surface area contributed by atoms with Gasteiger partial charge in [0.05, 0.1) is 34.2 Å². The van der Waals surface area contributed by atoms with Crippen LogP contribution in [0.15, 0.2) is 78.9 Å². The Morgan fingerprint density at radius 2 is 1.62 bits per heavy atom. The molecule has 4 heteroatoms. The van der Waals surface area contributed by atoms with Gasteiger partial charge in [0.25, 0.3) is 0 Å². The minimum Gasteiger partial charge on any atom is -0.497 e. The third-order valence-electron chi connectivity index (χ3n) is 5.12. The van der Waals surface area contributed by atoms with Gasteiger partial charge in [0.15, 0.2) is 0 Å². The van der Waals surface area contributed by atoms with Crippen LogP contribution in [0.1, 0.15) is 17.2 Å². The fourth-order valence-electron chi connectivity index (χ4n) is 3.42. The van der Waals surface area contributed by atoms with Gasteiger partial charge >= 0.3 is 0 Å². The summed E-state index contributed by atoms with van der Waals surface area (Å²) in [7, 11) is 5.86. The monoisotopic (exact) mass is 389 g/mol. The first kappa shape index (κ1) is 20.6. The van der Waals surface area contributed by atoms with Crippen molar-refractivity contribution in [2.24, 2.45) is 0 Å². The molecule has 0 aromatic heterocycles. The van der Waals surface area contributed by atoms with Crippen LogP contribution >= 0.6 is 0 Å². The van der Waals surface area contributed by atoms with Gasteiger partial charge in [0.1, 0.15) is 11.8 Å². The van der Waals surface area contributed by atoms with Crippen LogP contribution in [0.2, 0.25) is 0 Å². The first-order valence-electron chi connectivity index (χ1n) is 9.92. The van der Waals surface area contributed by atoms with Gasteiger partial charge in [-0.05, 0) is 28.8 Å². The van der Waals surface area contributed by atoms with E-state index in [1.165, 1.54) is 10.5 Å². The molecule has 0 unspecified atom stereocenters. The first-order chi connectivity index (χ1) is 14.1. The van der Waals surface area contributed by atoms with Crippen LogP contribution in [0.25, 0.3) is 11.1 Å². The van der Waals surface area contributed by atoms with Crippen LogP contribution in [-0.2, 0) is 11.2 Å². The van der Waals surface area contributed by atoms with E-state index >= 15 is 0 Å². The molecule has 1 amide bonds. The summed E-state index contributed by atoms with van der Waals surface area (Å²) in [5.74, 6) is 0.866. The van der Waals surface area contributed by atoms with Crippen LogP contribution in [0.5, 0.6) is 5.75 Å². The summed E-state index contributed by atoms with van der Waals surface area (Å²) in [5.41, 5.74) is 4.50. The maximum atomic E-state index is 12.5. The number of nitrogens with one attached hydrogen (secondary N) is 2. The van der Waals surface area contributed by atoms with E-state index in [1.54, 1.807) is 7.11 Å². The van der Waals surface area contributed by atoms with E-state index in [4.69, 9.17) is 4.74 Å². The summed E-state index contributed by atoms with van der Waals surface area (Å²) >= 11 is 0. The highest BCUT2D eigenvalue weighted by atomic mass is 16.5. The van der Waals surface area contributed by atoms with Crippen molar-refractivity contribution in [3.8, 4) is 16.9 Å². The fourth-order valence-corrected chi connectivity index (χ4v) is 3.42. The van der Waals surface area contributed by atoms with Crippen LogP contribution in [-0.4, -0.2) is 33.7 Å². The first-order valence-corrected chi connectivity index (χ1v) is 9.92. The Kier molecular flexibility index (Phi) is 7.04. The van der Waals surface area contributed by atoms with Gasteiger partial charge in [-0.2, -0.15) is 0 Å². The van der Waals surface area contributed by atoms with Crippen molar-refractivity contribution in [1.29, 1.82) is 0 Å². The average Bonchev–Trinajstić information content (AvgIpc) is 2.75. The molecule has 0 fully saturated rings. The van der Waals surface area contributed by atoms with Crippen molar-refractivity contribution in [3.63, 3.8) is 0 Å². The van der Waals surface area contributed by atoms with Gasteiger partial charge in [0.2, 0.25) is 5.91 Å². The van der Waals surface area contributed by atoms with Crippen molar-refractivity contribution >= 4 is 5.91 Å². The standard InChI is InChI=1S/C25H28N2O2/c1-27(2)24(22-10-7-11-23(17-22)29-3)18-26-25(28)16-19-12-14-21(15-13-19)20-8-5-4-6-9-20/h4-15,17,24H,16,18H2,1-3H3,(H,26,28)/p+1/t24-/m1/s1. The minimum atomic E-state index is 0.0339. The predicted molar refractivity (Wildman–Crippen MR) is 117 cm³/mol. The van der Waals surface area contributed by atoms with E-state index in [9.17, 15) is 4.79 Å². The molecule has 2 N–H and O–H groups in total. The number of ether oxygens (including phenoxy) is 1. The SMILES string of the molecule is COc1cccc([C@@H](CNC(=O)Cc2ccc(-c3ccccc3)cc2)[NH+](C)C)c1. The highest BCUT2D eigenvalue weighted by Gasteiger charge is 2.19. The van der Waals surface area contributed by atoms with E-state index in [2.05, 4.69) is 49.7 Å². The lowest BCUT2D eigenvalue weighted by Crippen LogP contribution is -3.07. The zero-order valence-corrected chi connectivity index (χ0v) is 17.3. The van der Waals surface area contributed by atoms with E-state index < -0.39 is 0 Å². The number of rotatable bonds is 8. The maximum Gasteiger partial charge on any atom is 0.224 e. The van der Waals surface area contributed by atoms with E-state index in [0.717, 1.165) is 22.4 Å². The Bertz CT molecular complexity index is 921. The highest BCUT2D eigenvalue weighted by Crippen LogP contribution is 2.20. The molecule has 0 saturated heterocycles. The normalized spacial score (nSPS) is 11.9. The Hall–Kier alpha value is -3.11. The second-order valence-corrected chi connectivity index (χ2v) is 7.45. The van der Waals surface area contributed by atoms with Gasteiger partial charge < -0.3 is 15.0 Å². The Morgan fingerprint density at radius 1 is 0.931 bits per heavy atom. The molecule has 0 aliphatic rings. The van der Waals surface area contributed by atoms with Crippen molar-refractivity contribution in [2.75, 3.05) is 27.7 Å². The Balaban J connectivity index is 1.59. The average molecular weight is 390 g/mol. The largest absolute Gasteiger partial charge is 0.497 e. The molecule has 0 heterocycles. The minimum absolute atomic E-state index is 0.0339. The van der Waals surface area contributed by atoms with Gasteiger partial charge in [0, 0.05) is 5.56 Å². The number of benzene rings is 3. The summed E-state index contributed by atoms with van der Waals surface area (Å²) < 4.78 is 5.33. The van der Waals surface area contributed by atoms with E-state index in [1.807, 2.05) is 48.5 Å². The number of hydrogen-bond donors (Lipinski definition) is 2. The second-order valence-electron chi connectivity index (χ2n) is 7.45. The third kappa shape index (κ3) is 5.69. The number of quaternary nitrogens is 1. The molecule has 1 atom stereocenters. The topological polar surface area (TPSA) is 42.8 Å². The smallest absolute Gasteiger partial charge is 0.224 e. The molecule has 0 saturated carbocycles. The van der Waals surface area contributed by atoms with Gasteiger partial charge in [-0.1, -0.05) is 66.7 Å². The highest BCUT2D eigenvalue weighted by molar-refractivity contribution is 5.79. The third-order valence-corrected chi connectivity index (χ3v) is 5.12. The number of carbonyl (C=O) groups excluding carboxylic acids is 1. The van der Waals surface area contributed by atoms with Crippen LogP contribution in [0, 0.1) is 0 Å². The lowest BCUT2D eigenvalue weighted by Gasteiger charge is -2.22. The van der Waals surface area contributed by atoms with Crippen LogP contribution in [0.3, 0.4) is 0 Å². The molecule has 3 aromatic carbocycles. The van der Waals surface area contributed by atoms with Gasteiger partial charge in [-0.15, -0.1) is 0 Å². The summed E-state index contributed by atoms with van der Waals surface area (Å²) in [6, 6.07) is 26.6. The van der Waals surface area contributed by atoms with E-state index in [-0.39, 0.29) is 11.9 Å². The fraction of sp³-hybridized carbons (Fsp3) is 0.240. The summed E-state index contributed by atoms with van der Waals surface area (Å²) in [4.78, 5) is 13.8. The lowest BCUT2D eigenvalue weighted by atomic mass is 10.0. The number of amides is 1. The van der Waals surface area contributed by atoms with Crippen molar-refractivity contribution in [3.05, 3.63) is 90.0 Å². The molecule has 4 nitrogen and oxygen atoms in total. The maximum absolute atomic E-state index is 12.5. The predicted octanol–water partition coefficient (Wildman–Crippen LogP) is 2.91. The number of methoxy groups -OCH3 is 1. The molecule has 0 bridgehead atoms. The molecule has 0 aliphatic heterocycles. The molecular formula is C25H29N2O2+. The molecular weight excluding hydrogens is 360 g/mol. The molecule has 3 aromatic rings. The summed E-state index contributed by atoms with van der Waals surface area (Å²) in [6.07, 6.45) is 0.378.